The van der Waals surface area contributed by atoms with Gasteiger partial charge >= 0.3 is 0 Å². The van der Waals surface area contributed by atoms with E-state index in [0.29, 0.717) is 48.1 Å². The highest BCUT2D eigenvalue weighted by Gasteiger charge is 2.30. The van der Waals surface area contributed by atoms with Crippen LogP contribution >= 0.6 is 0 Å². The summed E-state index contributed by atoms with van der Waals surface area (Å²) < 4.78 is 24.3. The largest absolute Gasteiger partial charge is 0.378 e. The molecule has 4 heterocycles. The molecular weight excluding hydrogens is 511 g/mol. The van der Waals surface area contributed by atoms with Gasteiger partial charge in [-0.2, -0.15) is 0 Å². The van der Waals surface area contributed by atoms with Gasteiger partial charge < -0.3 is 24.4 Å². The van der Waals surface area contributed by atoms with E-state index in [2.05, 4.69) is 37.2 Å². The topological polar surface area (TPSA) is 96.6 Å². The summed E-state index contributed by atoms with van der Waals surface area (Å²) in [7, 11) is 0. The van der Waals surface area contributed by atoms with Crippen molar-refractivity contribution in [1.29, 1.82) is 0 Å². The summed E-state index contributed by atoms with van der Waals surface area (Å²) in [5.41, 5.74) is 2.03. The Labute approximate surface area is 234 Å². The molecule has 214 valence electrons. The van der Waals surface area contributed by atoms with Gasteiger partial charge in [-0.3, -0.25) is 4.79 Å². The summed E-state index contributed by atoms with van der Waals surface area (Å²) in [5.74, 6) is 1.93. The number of piperidine rings is 1. The number of aromatic nitrogens is 3. The van der Waals surface area contributed by atoms with Gasteiger partial charge in [0.25, 0.3) is 5.91 Å². The van der Waals surface area contributed by atoms with Crippen molar-refractivity contribution in [2.45, 2.75) is 57.4 Å². The van der Waals surface area contributed by atoms with E-state index in [0.717, 1.165) is 82.3 Å². The smallest absolute Gasteiger partial charge is 0.254 e. The quantitative estimate of drug-likeness (QED) is 0.463. The summed E-state index contributed by atoms with van der Waals surface area (Å²) in [6.07, 6.45) is 9.64. The standard InChI is InChI=1S/C30H39FN6O3/c1-20(19-36-10-8-22(9-11-36)28-26-7-4-24(31)16-27(26)40-35-28)21-2-5-25(6-3-21)34-29(38)23-17-32-30(33-18-23)37-12-14-39-15-13-37/h4,7,16-18,20-22,25H,2-3,5-6,8-15,19H2,1H3,(H,34,38). The lowest BCUT2D eigenvalue weighted by Gasteiger charge is -2.37. The number of morpholine rings is 1. The predicted molar refractivity (Wildman–Crippen MR) is 150 cm³/mol. The Morgan fingerprint density at radius 1 is 1.05 bits per heavy atom. The molecule has 1 aliphatic carbocycles. The number of amides is 1. The lowest BCUT2D eigenvalue weighted by atomic mass is 9.78. The van der Waals surface area contributed by atoms with Crippen molar-refractivity contribution < 1.29 is 18.4 Å². The molecule has 0 spiro atoms. The molecule has 0 bridgehead atoms. The van der Waals surface area contributed by atoms with Gasteiger partial charge in [0.05, 0.1) is 24.5 Å². The number of hydrogen-bond acceptors (Lipinski definition) is 8. The molecule has 3 aromatic rings. The van der Waals surface area contributed by atoms with Crippen molar-refractivity contribution in [2.75, 3.05) is 50.8 Å². The highest BCUT2D eigenvalue weighted by Crippen LogP contribution is 2.35. The number of likely N-dealkylation sites (tertiary alicyclic amines) is 1. The number of halogens is 1. The van der Waals surface area contributed by atoms with E-state index >= 15 is 0 Å². The van der Waals surface area contributed by atoms with E-state index in [4.69, 9.17) is 9.26 Å². The van der Waals surface area contributed by atoms with Crippen molar-refractivity contribution in [1.82, 2.24) is 25.3 Å². The Kier molecular flexibility index (Phi) is 8.25. The summed E-state index contributed by atoms with van der Waals surface area (Å²) in [6.45, 7) is 8.47. The molecule has 6 rings (SSSR count). The molecule has 1 N–H and O–H groups in total. The molecule has 9 nitrogen and oxygen atoms in total. The third-order valence-electron chi connectivity index (χ3n) is 9.09. The SMILES string of the molecule is CC(CN1CCC(c2noc3cc(F)ccc23)CC1)C1CCC(NC(=O)c2cnc(N3CCOCC3)nc2)CC1. The van der Waals surface area contributed by atoms with Gasteiger partial charge in [0, 0.05) is 55.4 Å². The molecule has 2 saturated heterocycles. The predicted octanol–water partition coefficient (Wildman–Crippen LogP) is 4.40. The van der Waals surface area contributed by atoms with E-state index in [9.17, 15) is 9.18 Å². The van der Waals surface area contributed by atoms with Crippen LogP contribution in [0.1, 0.15) is 67.4 Å². The minimum atomic E-state index is -0.292. The second-order valence-corrected chi connectivity index (χ2v) is 11.7. The van der Waals surface area contributed by atoms with Gasteiger partial charge in [0.2, 0.25) is 5.95 Å². The number of anilines is 1. The molecule has 3 aliphatic rings. The number of carbonyl (C=O) groups excluding carboxylic acids is 1. The van der Waals surface area contributed by atoms with Gasteiger partial charge in [-0.15, -0.1) is 0 Å². The highest BCUT2D eigenvalue weighted by molar-refractivity contribution is 5.93. The minimum Gasteiger partial charge on any atom is -0.378 e. The van der Waals surface area contributed by atoms with Crippen LogP contribution in [0.4, 0.5) is 10.3 Å². The first-order valence-electron chi connectivity index (χ1n) is 14.8. The number of benzene rings is 1. The summed E-state index contributed by atoms with van der Waals surface area (Å²) >= 11 is 0. The van der Waals surface area contributed by atoms with E-state index in [1.165, 1.54) is 12.1 Å². The zero-order chi connectivity index (χ0) is 27.5. The minimum absolute atomic E-state index is 0.0853. The molecule has 3 fully saturated rings. The van der Waals surface area contributed by atoms with Crippen molar-refractivity contribution >= 4 is 22.8 Å². The van der Waals surface area contributed by atoms with Crippen LogP contribution in [-0.2, 0) is 4.74 Å². The van der Waals surface area contributed by atoms with Crippen LogP contribution in [0.15, 0.2) is 35.1 Å². The summed E-state index contributed by atoms with van der Waals surface area (Å²) in [4.78, 5) is 26.3. The fraction of sp³-hybridized carbons (Fsp3) is 0.600. The molecule has 1 saturated carbocycles. The van der Waals surface area contributed by atoms with Crippen molar-refractivity contribution in [3.05, 3.63) is 47.7 Å². The number of ether oxygens (including phenoxy) is 1. The normalized spacial score (nSPS) is 23.8. The molecule has 40 heavy (non-hydrogen) atoms. The maximum Gasteiger partial charge on any atom is 0.254 e. The molecule has 1 amide bonds. The average Bonchev–Trinajstić information content (AvgIpc) is 3.41. The Bertz CT molecular complexity index is 1280. The van der Waals surface area contributed by atoms with Gasteiger partial charge in [0.1, 0.15) is 5.82 Å². The lowest BCUT2D eigenvalue weighted by molar-refractivity contribution is 0.0907. The lowest BCUT2D eigenvalue weighted by Crippen LogP contribution is -2.41. The molecule has 1 unspecified atom stereocenters. The number of rotatable bonds is 7. The van der Waals surface area contributed by atoms with Crippen LogP contribution in [0.3, 0.4) is 0 Å². The molecule has 1 atom stereocenters. The molecule has 2 aliphatic heterocycles. The monoisotopic (exact) mass is 550 g/mol. The van der Waals surface area contributed by atoms with Crippen LogP contribution in [-0.4, -0.2) is 77.9 Å². The van der Waals surface area contributed by atoms with E-state index < -0.39 is 0 Å². The molecular formula is C30H39FN6O3. The maximum atomic E-state index is 13.5. The average molecular weight is 551 g/mol. The Morgan fingerprint density at radius 3 is 2.50 bits per heavy atom. The van der Waals surface area contributed by atoms with E-state index in [1.54, 1.807) is 18.5 Å². The number of fused-ring (bicyclic) bond motifs is 1. The van der Waals surface area contributed by atoms with Crippen molar-refractivity contribution in [2.24, 2.45) is 11.8 Å². The first-order valence-corrected chi connectivity index (χ1v) is 14.8. The number of nitrogens with zero attached hydrogens (tertiary/aromatic N) is 5. The summed E-state index contributed by atoms with van der Waals surface area (Å²) in [5, 5.41) is 8.44. The van der Waals surface area contributed by atoms with Gasteiger partial charge in [0.15, 0.2) is 5.58 Å². The van der Waals surface area contributed by atoms with Crippen LogP contribution in [0.25, 0.3) is 11.0 Å². The second-order valence-electron chi connectivity index (χ2n) is 11.7. The zero-order valence-electron chi connectivity index (χ0n) is 23.2. The van der Waals surface area contributed by atoms with Crippen LogP contribution in [0.2, 0.25) is 0 Å². The van der Waals surface area contributed by atoms with Gasteiger partial charge in [-0.1, -0.05) is 12.1 Å². The van der Waals surface area contributed by atoms with Crippen LogP contribution < -0.4 is 10.2 Å². The Morgan fingerprint density at radius 2 is 1.77 bits per heavy atom. The number of nitrogens with one attached hydrogen (secondary N) is 1. The maximum absolute atomic E-state index is 13.5. The Hall–Kier alpha value is -3.11. The van der Waals surface area contributed by atoms with E-state index in [1.807, 2.05) is 0 Å². The first-order chi connectivity index (χ1) is 19.5. The third kappa shape index (κ3) is 6.12. The third-order valence-corrected chi connectivity index (χ3v) is 9.09. The van der Waals surface area contributed by atoms with Gasteiger partial charge in [-0.25, -0.2) is 14.4 Å². The van der Waals surface area contributed by atoms with Crippen molar-refractivity contribution in [3.63, 3.8) is 0 Å². The Balaban J connectivity index is 0.929. The van der Waals surface area contributed by atoms with Crippen molar-refractivity contribution in [3.8, 4) is 0 Å². The molecule has 2 aromatic heterocycles. The fourth-order valence-electron chi connectivity index (χ4n) is 6.64. The zero-order valence-corrected chi connectivity index (χ0v) is 23.2. The fourth-order valence-corrected chi connectivity index (χ4v) is 6.64. The van der Waals surface area contributed by atoms with E-state index in [-0.39, 0.29) is 17.8 Å². The van der Waals surface area contributed by atoms with Gasteiger partial charge in [-0.05, 0) is 75.6 Å². The molecule has 10 heteroatoms. The first kappa shape index (κ1) is 27.1. The molecule has 0 radical (unpaired) electrons. The second kappa shape index (κ2) is 12.2. The highest BCUT2D eigenvalue weighted by atomic mass is 19.1. The number of carbonyl (C=O) groups is 1. The van der Waals surface area contributed by atoms with Crippen LogP contribution in [0, 0.1) is 17.7 Å². The number of hydrogen-bond donors (Lipinski definition) is 1. The van der Waals surface area contributed by atoms with Crippen LogP contribution in [0.5, 0.6) is 0 Å². The summed E-state index contributed by atoms with van der Waals surface area (Å²) in [6, 6.07) is 4.90. The molecule has 1 aromatic carbocycles.